The molecule has 2 aromatic carbocycles. The van der Waals surface area contributed by atoms with Gasteiger partial charge in [0.2, 0.25) is 10.0 Å². The Morgan fingerprint density at radius 3 is 2.29 bits per heavy atom. The highest BCUT2D eigenvalue weighted by Crippen LogP contribution is 2.25. The van der Waals surface area contributed by atoms with Gasteiger partial charge in [0.1, 0.15) is 0 Å². The Labute approximate surface area is 126 Å². The zero-order valence-corrected chi connectivity index (χ0v) is 13.2. The van der Waals surface area contributed by atoms with Gasteiger partial charge in [-0.05, 0) is 43.5 Å². The normalized spacial score (nSPS) is 15.7. The van der Waals surface area contributed by atoms with Crippen molar-refractivity contribution in [3.8, 4) is 0 Å². The molecular weight excluding hydrogens is 282 g/mol. The first kappa shape index (κ1) is 14.3. The molecule has 0 atom stereocenters. The molecule has 2 aromatic rings. The summed E-state index contributed by atoms with van der Waals surface area (Å²) in [6, 6.07) is 13.3. The zero-order chi connectivity index (χ0) is 15.0. The van der Waals surface area contributed by atoms with E-state index in [4.69, 9.17) is 0 Å². The molecule has 0 bridgehead atoms. The van der Waals surface area contributed by atoms with Crippen LogP contribution in [0.15, 0.2) is 47.4 Å². The van der Waals surface area contributed by atoms with Crippen LogP contribution in [-0.4, -0.2) is 19.3 Å². The van der Waals surface area contributed by atoms with Gasteiger partial charge in [0.15, 0.2) is 0 Å². The molecule has 3 rings (SSSR count). The third kappa shape index (κ3) is 2.74. The van der Waals surface area contributed by atoms with E-state index >= 15 is 0 Å². The van der Waals surface area contributed by atoms with Crippen LogP contribution in [0.25, 0.3) is 0 Å². The van der Waals surface area contributed by atoms with Gasteiger partial charge in [-0.1, -0.05) is 41.5 Å². The lowest BCUT2D eigenvalue weighted by Gasteiger charge is -2.28. The van der Waals surface area contributed by atoms with Crippen LogP contribution < -0.4 is 0 Å². The van der Waals surface area contributed by atoms with Gasteiger partial charge in [0, 0.05) is 13.1 Å². The van der Waals surface area contributed by atoms with Gasteiger partial charge in [0.25, 0.3) is 0 Å². The number of fused-ring (bicyclic) bond motifs is 1. The molecule has 1 heterocycles. The minimum Gasteiger partial charge on any atom is -0.207 e. The first-order chi connectivity index (χ1) is 9.96. The Morgan fingerprint density at radius 1 is 0.905 bits per heavy atom. The molecular formula is C17H19NO2S. The van der Waals surface area contributed by atoms with E-state index in [-0.39, 0.29) is 0 Å². The minimum atomic E-state index is -3.40. The average Bonchev–Trinajstić information content (AvgIpc) is 2.47. The summed E-state index contributed by atoms with van der Waals surface area (Å²) in [5.74, 6) is 0. The highest BCUT2D eigenvalue weighted by atomic mass is 32.2. The molecule has 0 amide bonds. The molecule has 0 saturated heterocycles. The van der Waals surface area contributed by atoms with Crippen molar-refractivity contribution in [1.29, 1.82) is 0 Å². The van der Waals surface area contributed by atoms with Crippen molar-refractivity contribution in [2.75, 3.05) is 6.54 Å². The lowest BCUT2D eigenvalue weighted by molar-refractivity contribution is 0.391. The van der Waals surface area contributed by atoms with E-state index in [2.05, 4.69) is 13.0 Å². The van der Waals surface area contributed by atoms with Crippen LogP contribution in [0.4, 0.5) is 0 Å². The molecule has 0 spiro atoms. The fraction of sp³-hybridized carbons (Fsp3) is 0.294. The summed E-state index contributed by atoms with van der Waals surface area (Å²) in [6.45, 7) is 5.03. The SMILES string of the molecule is Cc1ccc(S(=O)(=O)N2CCc3cc(C)ccc3C2)cc1. The standard InChI is InChI=1S/C17H19NO2S/c1-13-4-7-17(8-5-13)21(19,20)18-10-9-15-11-14(2)3-6-16(15)12-18/h3-8,11H,9-10,12H2,1-2H3. The molecule has 0 N–H and O–H groups in total. The second kappa shape index (κ2) is 5.28. The van der Waals surface area contributed by atoms with Crippen LogP contribution in [0.1, 0.15) is 22.3 Å². The van der Waals surface area contributed by atoms with Crippen LogP contribution in [0.3, 0.4) is 0 Å². The molecule has 4 heteroatoms. The first-order valence-corrected chi connectivity index (χ1v) is 8.56. The van der Waals surface area contributed by atoms with Crippen molar-refractivity contribution < 1.29 is 8.42 Å². The number of hydrogen-bond donors (Lipinski definition) is 0. The number of sulfonamides is 1. The van der Waals surface area contributed by atoms with Crippen molar-refractivity contribution in [2.24, 2.45) is 0 Å². The van der Waals surface area contributed by atoms with Crippen LogP contribution in [0, 0.1) is 13.8 Å². The summed E-state index contributed by atoms with van der Waals surface area (Å²) >= 11 is 0. The predicted molar refractivity (Wildman–Crippen MR) is 83.7 cm³/mol. The molecule has 0 fully saturated rings. The van der Waals surface area contributed by atoms with E-state index in [0.29, 0.717) is 18.0 Å². The molecule has 3 nitrogen and oxygen atoms in total. The van der Waals surface area contributed by atoms with Gasteiger partial charge >= 0.3 is 0 Å². The van der Waals surface area contributed by atoms with Crippen molar-refractivity contribution in [3.63, 3.8) is 0 Å². The van der Waals surface area contributed by atoms with Crippen molar-refractivity contribution in [3.05, 3.63) is 64.7 Å². The number of rotatable bonds is 2. The largest absolute Gasteiger partial charge is 0.243 e. The van der Waals surface area contributed by atoms with Gasteiger partial charge in [-0.25, -0.2) is 8.42 Å². The van der Waals surface area contributed by atoms with Gasteiger partial charge in [-0.15, -0.1) is 0 Å². The van der Waals surface area contributed by atoms with E-state index in [0.717, 1.165) is 17.5 Å². The van der Waals surface area contributed by atoms with E-state index in [1.54, 1.807) is 16.4 Å². The Kier molecular flexibility index (Phi) is 3.59. The fourth-order valence-corrected chi connectivity index (χ4v) is 4.14. The Morgan fingerprint density at radius 2 is 1.57 bits per heavy atom. The van der Waals surface area contributed by atoms with E-state index in [1.807, 2.05) is 31.2 Å². The fourth-order valence-electron chi connectivity index (χ4n) is 2.72. The Balaban J connectivity index is 1.91. The van der Waals surface area contributed by atoms with Crippen LogP contribution in [-0.2, 0) is 23.0 Å². The molecule has 0 saturated carbocycles. The zero-order valence-electron chi connectivity index (χ0n) is 12.3. The number of benzene rings is 2. The number of aryl methyl sites for hydroxylation is 2. The topological polar surface area (TPSA) is 37.4 Å². The van der Waals surface area contributed by atoms with E-state index in [1.165, 1.54) is 11.1 Å². The monoisotopic (exact) mass is 301 g/mol. The molecule has 1 aliphatic heterocycles. The summed E-state index contributed by atoms with van der Waals surface area (Å²) < 4.78 is 27.0. The highest BCUT2D eigenvalue weighted by Gasteiger charge is 2.28. The summed E-state index contributed by atoms with van der Waals surface area (Å²) in [5, 5.41) is 0. The van der Waals surface area contributed by atoms with Crippen LogP contribution in [0.2, 0.25) is 0 Å². The van der Waals surface area contributed by atoms with Gasteiger partial charge in [-0.3, -0.25) is 0 Å². The Hall–Kier alpha value is -1.65. The third-order valence-electron chi connectivity index (χ3n) is 4.00. The highest BCUT2D eigenvalue weighted by molar-refractivity contribution is 7.89. The lowest BCUT2D eigenvalue weighted by atomic mass is 9.99. The van der Waals surface area contributed by atoms with E-state index in [9.17, 15) is 8.42 Å². The minimum absolute atomic E-state index is 0.378. The van der Waals surface area contributed by atoms with Crippen LogP contribution in [0.5, 0.6) is 0 Å². The second-order valence-electron chi connectivity index (χ2n) is 5.67. The maximum atomic E-state index is 12.7. The number of nitrogens with zero attached hydrogens (tertiary/aromatic N) is 1. The molecule has 0 aliphatic carbocycles. The van der Waals surface area contributed by atoms with Gasteiger partial charge < -0.3 is 0 Å². The third-order valence-corrected chi connectivity index (χ3v) is 5.86. The quantitative estimate of drug-likeness (QED) is 0.855. The van der Waals surface area contributed by atoms with E-state index < -0.39 is 10.0 Å². The Bertz CT molecular complexity index is 764. The van der Waals surface area contributed by atoms with Gasteiger partial charge in [0.05, 0.1) is 4.90 Å². The smallest absolute Gasteiger partial charge is 0.207 e. The summed E-state index contributed by atoms with van der Waals surface area (Å²) in [5.41, 5.74) is 4.67. The van der Waals surface area contributed by atoms with Crippen LogP contribution >= 0.6 is 0 Å². The van der Waals surface area contributed by atoms with Crippen molar-refractivity contribution >= 4 is 10.0 Å². The summed E-state index contributed by atoms with van der Waals surface area (Å²) in [6.07, 6.45) is 0.780. The maximum absolute atomic E-state index is 12.7. The average molecular weight is 301 g/mol. The van der Waals surface area contributed by atoms with Gasteiger partial charge in [-0.2, -0.15) is 4.31 Å². The molecule has 110 valence electrons. The van der Waals surface area contributed by atoms with Crippen molar-refractivity contribution in [1.82, 2.24) is 4.31 Å². The lowest BCUT2D eigenvalue weighted by Crippen LogP contribution is -2.36. The summed E-state index contributed by atoms with van der Waals surface area (Å²) in [7, 11) is -3.40. The molecule has 0 aromatic heterocycles. The summed E-state index contributed by atoms with van der Waals surface area (Å²) in [4.78, 5) is 0.378. The molecule has 0 unspecified atom stereocenters. The molecule has 21 heavy (non-hydrogen) atoms. The van der Waals surface area contributed by atoms with Crippen molar-refractivity contribution in [2.45, 2.75) is 31.7 Å². The number of hydrogen-bond acceptors (Lipinski definition) is 2. The maximum Gasteiger partial charge on any atom is 0.243 e. The molecule has 0 radical (unpaired) electrons. The first-order valence-electron chi connectivity index (χ1n) is 7.12. The second-order valence-corrected chi connectivity index (χ2v) is 7.61. The predicted octanol–water partition coefficient (Wildman–Crippen LogP) is 3.05. The molecule has 1 aliphatic rings.